The second kappa shape index (κ2) is 11.0. The van der Waals surface area contributed by atoms with Crippen molar-refractivity contribution >= 4 is 29.2 Å². The average molecular weight is 477 g/mol. The number of aromatic amines is 1. The third kappa shape index (κ3) is 5.53. The zero-order chi connectivity index (χ0) is 24.0. The summed E-state index contributed by atoms with van der Waals surface area (Å²) in [5.41, 5.74) is 2.00. The first kappa shape index (κ1) is 23.5. The Labute approximate surface area is 204 Å². The number of aliphatic imine (C=N–C) groups is 1. The van der Waals surface area contributed by atoms with Crippen molar-refractivity contribution in [3.63, 3.8) is 0 Å². The summed E-state index contributed by atoms with van der Waals surface area (Å²) in [5.74, 6) is 1.98. The highest BCUT2D eigenvalue weighted by Crippen LogP contribution is 2.24. The summed E-state index contributed by atoms with van der Waals surface area (Å²) in [6.07, 6.45) is 3.72. The van der Waals surface area contributed by atoms with Gasteiger partial charge in [0.05, 0.1) is 26.4 Å². The fourth-order valence-electron chi connectivity index (χ4n) is 4.36. The zero-order valence-electron chi connectivity index (χ0n) is 20.2. The molecule has 9 heteroatoms. The molecular weight excluding hydrogens is 444 g/mol. The normalized spacial score (nSPS) is 18.7. The van der Waals surface area contributed by atoms with E-state index in [4.69, 9.17) is 24.2 Å². The monoisotopic (exact) mass is 476 g/mol. The minimum absolute atomic E-state index is 0.577. The van der Waals surface area contributed by atoms with E-state index in [1.165, 1.54) is 0 Å². The van der Waals surface area contributed by atoms with E-state index in [9.17, 15) is 0 Å². The molecule has 35 heavy (non-hydrogen) atoms. The minimum atomic E-state index is 0.577. The highest BCUT2D eigenvalue weighted by atomic mass is 16.5. The lowest BCUT2D eigenvalue weighted by Crippen LogP contribution is -2.42. The largest absolute Gasteiger partial charge is 0.480 e. The third-order valence-electron chi connectivity index (χ3n) is 6.30. The Kier molecular flexibility index (Phi) is 7.37. The molecule has 2 aromatic heterocycles. The molecule has 2 aliphatic rings. The Morgan fingerprint density at radius 1 is 1.11 bits per heavy atom. The van der Waals surface area contributed by atoms with Gasteiger partial charge in [0.25, 0.3) is 0 Å². The molecule has 2 fully saturated rings. The Bertz CT molecular complexity index is 1290. The molecule has 184 valence electrons. The first-order valence-electron chi connectivity index (χ1n) is 12.1. The Morgan fingerprint density at radius 2 is 1.86 bits per heavy atom. The van der Waals surface area contributed by atoms with Crippen LogP contribution < -0.4 is 10.6 Å². The minimum Gasteiger partial charge on any atom is -0.480 e. The van der Waals surface area contributed by atoms with Gasteiger partial charge in [0, 0.05) is 73.7 Å². The van der Waals surface area contributed by atoms with E-state index >= 15 is 0 Å². The van der Waals surface area contributed by atoms with Crippen molar-refractivity contribution in [2.24, 2.45) is 4.99 Å². The number of fused-ring (bicyclic) bond motifs is 1. The summed E-state index contributed by atoms with van der Waals surface area (Å²) in [6, 6.07) is 8.14. The van der Waals surface area contributed by atoms with Crippen LogP contribution in [0, 0.1) is 0 Å². The van der Waals surface area contributed by atoms with Gasteiger partial charge in [-0.3, -0.25) is 4.90 Å². The number of aromatic nitrogens is 3. The molecular formula is C26H32N6O3. The number of H-pyrrole nitrogens is 1. The maximum absolute atomic E-state index is 6.01. The SMILES string of the molecule is C=c1cnc(-c2c[nH]c3ccccc23)n/c1=C(/N=C(\C)OCCN1CCOCC1)N1CCOCC1. The van der Waals surface area contributed by atoms with Crippen molar-refractivity contribution in [3.8, 4) is 11.4 Å². The van der Waals surface area contributed by atoms with E-state index in [-0.39, 0.29) is 0 Å². The highest BCUT2D eigenvalue weighted by Gasteiger charge is 2.17. The van der Waals surface area contributed by atoms with E-state index in [0.717, 1.165) is 73.4 Å². The summed E-state index contributed by atoms with van der Waals surface area (Å²) in [6.45, 7) is 13.7. The van der Waals surface area contributed by atoms with E-state index in [0.29, 0.717) is 36.9 Å². The van der Waals surface area contributed by atoms with E-state index < -0.39 is 0 Å². The van der Waals surface area contributed by atoms with Crippen LogP contribution in [0.25, 0.3) is 34.7 Å². The van der Waals surface area contributed by atoms with Crippen LogP contribution in [0.2, 0.25) is 0 Å². The lowest BCUT2D eigenvalue weighted by molar-refractivity contribution is 0.0314. The summed E-state index contributed by atoms with van der Waals surface area (Å²) in [4.78, 5) is 22.3. The summed E-state index contributed by atoms with van der Waals surface area (Å²) in [5, 5.41) is 2.51. The van der Waals surface area contributed by atoms with Gasteiger partial charge in [0.15, 0.2) is 17.5 Å². The quantitative estimate of drug-likeness (QED) is 0.423. The molecule has 0 unspecified atom stereocenters. The van der Waals surface area contributed by atoms with Crippen molar-refractivity contribution < 1.29 is 14.2 Å². The van der Waals surface area contributed by atoms with E-state index in [1.807, 2.05) is 31.3 Å². The van der Waals surface area contributed by atoms with Crippen molar-refractivity contribution in [1.82, 2.24) is 24.8 Å². The Balaban J connectivity index is 1.48. The van der Waals surface area contributed by atoms with Crippen LogP contribution in [0.3, 0.4) is 0 Å². The molecule has 0 saturated carbocycles. The van der Waals surface area contributed by atoms with Gasteiger partial charge >= 0.3 is 0 Å². The van der Waals surface area contributed by atoms with Crippen molar-refractivity contribution in [2.75, 3.05) is 65.8 Å². The number of benzene rings is 1. The standard InChI is InChI=1S/C26H32N6O3/c1-19-17-28-25(22-18-27-23-6-4-3-5-21(22)23)30-24(19)26(32-10-14-34-15-11-32)29-20(2)35-16-9-31-7-12-33-13-8-31/h3-6,17-18,27H,1,7-16H2,2H3/b26-24-,29-20+. The van der Waals surface area contributed by atoms with Crippen LogP contribution in [0.1, 0.15) is 6.92 Å². The summed E-state index contributed by atoms with van der Waals surface area (Å²) in [7, 11) is 0. The summed E-state index contributed by atoms with van der Waals surface area (Å²) < 4.78 is 17.0. The molecule has 0 aliphatic carbocycles. The maximum Gasteiger partial charge on any atom is 0.186 e. The number of nitrogens with one attached hydrogen (secondary N) is 1. The third-order valence-corrected chi connectivity index (χ3v) is 6.30. The van der Waals surface area contributed by atoms with Gasteiger partial charge in [-0.2, -0.15) is 4.99 Å². The van der Waals surface area contributed by atoms with Gasteiger partial charge in [-0.15, -0.1) is 0 Å². The molecule has 0 radical (unpaired) electrons. The lowest BCUT2D eigenvalue weighted by Gasteiger charge is -2.29. The number of morpholine rings is 2. The highest BCUT2D eigenvalue weighted by molar-refractivity contribution is 5.93. The number of hydrogen-bond acceptors (Lipinski definition) is 8. The molecule has 4 heterocycles. The van der Waals surface area contributed by atoms with Crippen molar-refractivity contribution in [2.45, 2.75) is 6.92 Å². The van der Waals surface area contributed by atoms with Crippen LogP contribution in [0.15, 0.2) is 41.7 Å². The number of rotatable bonds is 6. The molecule has 0 amide bonds. The van der Waals surface area contributed by atoms with E-state index in [1.54, 1.807) is 6.20 Å². The number of hydrogen-bond donors (Lipinski definition) is 1. The molecule has 0 spiro atoms. The first-order valence-corrected chi connectivity index (χ1v) is 12.1. The van der Waals surface area contributed by atoms with Crippen LogP contribution in [0.4, 0.5) is 0 Å². The van der Waals surface area contributed by atoms with Gasteiger partial charge < -0.3 is 24.1 Å². The van der Waals surface area contributed by atoms with Crippen LogP contribution in [0.5, 0.6) is 0 Å². The predicted octanol–water partition coefficient (Wildman–Crippen LogP) is 1.20. The lowest BCUT2D eigenvalue weighted by atomic mass is 10.1. The average Bonchev–Trinajstić information content (AvgIpc) is 3.33. The fourth-order valence-corrected chi connectivity index (χ4v) is 4.36. The zero-order valence-corrected chi connectivity index (χ0v) is 20.2. The summed E-state index contributed by atoms with van der Waals surface area (Å²) >= 11 is 0. The molecule has 2 aliphatic heterocycles. The number of para-hydroxylation sites is 1. The van der Waals surface area contributed by atoms with Gasteiger partial charge in [-0.05, 0) is 6.07 Å². The molecule has 1 aromatic carbocycles. The first-order chi connectivity index (χ1) is 17.2. The van der Waals surface area contributed by atoms with Crippen molar-refractivity contribution in [1.29, 1.82) is 0 Å². The smallest absolute Gasteiger partial charge is 0.186 e. The second-order valence-corrected chi connectivity index (χ2v) is 8.67. The van der Waals surface area contributed by atoms with Gasteiger partial charge in [0.2, 0.25) is 0 Å². The molecule has 5 rings (SSSR count). The molecule has 0 atom stereocenters. The molecule has 0 bridgehead atoms. The predicted molar refractivity (Wildman–Crippen MR) is 136 cm³/mol. The van der Waals surface area contributed by atoms with E-state index in [2.05, 4.69) is 32.4 Å². The topological polar surface area (TPSA) is 88.1 Å². The number of nitrogens with zero attached hydrogens (tertiary/aromatic N) is 5. The maximum atomic E-state index is 6.01. The number of ether oxygens (including phenoxy) is 3. The van der Waals surface area contributed by atoms with Crippen LogP contribution in [-0.2, 0) is 14.2 Å². The van der Waals surface area contributed by atoms with Crippen LogP contribution in [-0.4, -0.2) is 96.4 Å². The Morgan fingerprint density at radius 3 is 2.66 bits per heavy atom. The van der Waals surface area contributed by atoms with Crippen molar-refractivity contribution in [3.05, 3.63) is 47.2 Å². The van der Waals surface area contributed by atoms with Gasteiger partial charge in [0.1, 0.15) is 12.0 Å². The Hall–Kier alpha value is -3.27. The van der Waals surface area contributed by atoms with Gasteiger partial charge in [-0.1, -0.05) is 24.8 Å². The molecule has 3 aromatic rings. The fraction of sp³-hybridized carbons (Fsp3) is 0.423. The molecule has 2 saturated heterocycles. The van der Waals surface area contributed by atoms with Crippen LogP contribution >= 0.6 is 0 Å². The molecule has 9 nitrogen and oxygen atoms in total. The second-order valence-electron chi connectivity index (χ2n) is 8.67. The van der Waals surface area contributed by atoms with Gasteiger partial charge in [-0.25, -0.2) is 9.97 Å². The molecule has 1 N–H and O–H groups in total.